The lowest BCUT2D eigenvalue weighted by molar-refractivity contribution is 0.236. The third-order valence-corrected chi connectivity index (χ3v) is 3.59. The molecule has 0 saturated carbocycles. The van der Waals surface area contributed by atoms with Crippen LogP contribution in [-0.2, 0) is 6.54 Å². The van der Waals surface area contributed by atoms with Gasteiger partial charge in [-0.3, -0.25) is 4.90 Å². The molecule has 112 valence electrons. The number of nitrogens with one attached hydrogen (secondary N) is 1. The number of hydrogen-bond donors (Lipinski definition) is 1. The second-order valence-electron chi connectivity index (χ2n) is 5.68. The van der Waals surface area contributed by atoms with Crippen molar-refractivity contribution < 1.29 is 9.13 Å². The van der Waals surface area contributed by atoms with Crippen molar-refractivity contribution in [2.75, 3.05) is 26.2 Å². The molecule has 1 aromatic carbocycles. The number of rotatable bonds is 7. The Morgan fingerprint density at radius 2 is 2.05 bits per heavy atom. The Morgan fingerprint density at radius 1 is 1.30 bits per heavy atom. The van der Waals surface area contributed by atoms with Gasteiger partial charge in [0.2, 0.25) is 0 Å². The van der Waals surface area contributed by atoms with E-state index in [0.29, 0.717) is 19.2 Å². The minimum atomic E-state index is -0.211. The molecular formula is C16H25FN2O. The first-order valence-electron chi connectivity index (χ1n) is 7.52. The molecule has 0 amide bonds. The van der Waals surface area contributed by atoms with Gasteiger partial charge in [-0.2, -0.15) is 0 Å². The van der Waals surface area contributed by atoms with E-state index in [9.17, 15) is 4.39 Å². The Hall–Kier alpha value is -1.13. The normalized spacial score (nSPS) is 16.0. The van der Waals surface area contributed by atoms with Crippen LogP contribution < -0.4 is 10.1 Å². The SMILES string of the molecule is CC(C)NCc1cc(F)ccc1OCCN1CCCC1. The van der Waals surface area contributed by atoms with Crippen molar-refractivity contribution in [1.82, 2.24) is 10.2 Å². The molecule has 1 aromatic rings. The smallest absolute Gasteiger partial charge is 0.124 e. The fraction of sp³-hybridized carbons (Fsp3) is 0.625. The highest BCUT2D eigenvalue weighted by atomic mass is 19.1. The highest BCUT2D eigenvalue weighted by Gasteiger charge is 2.12. The third kappa shape index (κ3) is 4.76. The van der Waals surface area contributed by atoms with Crippen LogP contribution in [0.3, 0.4) is 0 Å². The van der Waals surface area contributed by atoms with Gasteiger partial charge in [-0.15, -0.1) is 0 Å². The number of hydrogen-bond acceptors (Lipinski definition) is 3. The molecule has 1 aliphatic heterocycles. The summed E-state index contributed by atoms with van der Waals surface area (Å²) in [4.78, 5) is 2.41. The summed E-state index contributed by atoms with van der Waals surface area (Å²) in [6, 6.07) is 5.12. The number of ether oxygens (including phenoxy) is 1. The van der Waals surface area contributed by atoms with Crippen molar-refractivity contribution in [2.45, 2.75) is 39.3 Å². The van der Waals surface area contributed by atoms with Crippen molar-refractivity contribution in [1.29, 1.82) is 0 Å². The molecule has 1 aliphatic rings. The first-order chi connectivity index (χ1) is 9.65. The maximum absolute atomic E-state index is 13.3. The molecule has 4 heteroatoms. The zero-order chi connectivity index (χ0) is 14.4. The van der Waals surface area contributed by atoms with Crippen molar-refractivity contribution >= 4 is 0 Å². The molecule has 1 fully saturated rings. The molecule has 3 nitrogen and oxygen atoms in total. The quantitative estimate of drug-likeness (QED) is 0.831. The first-order valence-corrected chi connectivity index (χ1v) is 7.52. The maximum Gasteiger partial charge on any atom is 0.124 e. The summed E-state index contributed by atoms with van der Waals surface area (Å²) < 4.78 is 19.2. The summed E-state index contributed by atoms with van der Waals surface area (Å²) in [6.07, 6.45) is 2.58. The Kier molecular flexibility index (Phi) is 5.80. The topological polar surface area (TPSA) is 24.5 Å². The van der Waals surface area contributed by atoms with E-state index in [1.54, 1.807) is 12.1 Å². The predicted octanol–water partition coefficient (Wildman–Crippen LogP) is 2.80. The van der Waals surface area contributed by atoms with E-state index in [4.69, 9.17) is 4.74 Å². The zero-order valence-electron chi connectivity index (χ0n) is 12.5. The van der Waals surface area contributed by atoms with Crippen LogP contribution in [0.2, 0.25) is 0 Å². The average molecular weight is 280 g/mol. The fourth-order valence-corrected chi connectivity index (χ4v) is 2.43. The first kappa shape index (κ1) is 15.3. The molecule has 0 unspecified atom stereocenters. The van der Waals surface area contributed by atoms with Crippen LogP contribution in [-0.4, -0.2) is 37.2 Å². The van der Waals surface area contributed by atoms with Gasteiger partial charge < -0.3 is 10.1 Å². The Balaban J connectivity index is 1.88. The summed E-state index contributed by atoms with van der Waals surface area (Å²) in [5.41, 5.74) is 0.889. The van der Waals surface area contributed by atoms with E-state index in [1.807, 2.05) is 0 Å². The van der Waals surface area contributed by atoms with Gasteiger partial charge in [0.05, 0.1) is 0 Å². The standard InChI is InChI=1S/C16H25FN2O/c1-13(2)18-12-14-11-15(17)5-6-16(14)20-10-9-19-7-3-4-8-19/h5-6,11,13,18H,3-4,7-10,12H2,1-2H3. The summed E-state index contributed by atoms with van der Waals surface area (Å²) in [5.74, 6) is 0.580. The summed E-state index contributed by atoms with van der Waals surface area (Å²) in [6.45, 7) is 8.76. The van der Waals surface area contributed by atoms with E-state index < -0.39 is 0 Å². The fourth-order valence-electron chi connectivity index (χ4n) is 2.43. The van der Waals surface area contributed by atoms with Gasteiger partial charge in [0, 0.05) is 24.7 Å². The lowest BCUT2D eigenvalue weighted by Gasteiger charge is -2.17. The van der Waals surface area contributed by atoms with Crippen LogP contribution in [0, 0.1) is 5.82 Å². The summed E-state index contributed by atoms with van der Waals surface area (Å²) in [7, 11) is 0. The minimum absolute atomic E-state index is 0.211. The van der Waals surface area contributed by atoms with E-state index in [-0.39, 0.29) is 5.82 Å². The van der Waals surface area contributed by atoms with Gasteiger partial charge in [-0.25, -0.2) is 4.39 Å². The predicted molar refractivity (Wildman–Crippen MR) is 79.5 cm³/mol. The molecular weight excluding hydrogens is 255 g/mol. The minimum Gasteiger partial charge on any atom is -0.492 e. The number of nitrogens with zero attached hydrogens (tertiary/aromatic N) is 1. The Labute approximate surface area is 121 Å². The molecule has 0 spiro atoms. The van der Waals surface area contributed by atoms with Gasteiger partial charge in [0.15, 0.2) is 0 Å². The summed E-state index contributed by atoms with van der Waals surface area (Å²) in [5, 5.41) is 3.30. The molecule has 1 saturated heterocycles. The van der Waals surface area contributed by atoms with Crippen molar-refractivity contribution in [3.8, 4) is 5.75 Å². The third-order valence-electron chi connectivity index (χ3n) is 3.59. The average Bonchev–Trinajstić information content (AvgIpc) is 2.91. The molecule has 0 radical (unpaired) electrons. The van der Waals surface area contributed by atoms with Crippen LogP contribution in [0.25, 0.3) is 0 Å². The molecule has 0 bridgehead atoms. The van der Waals surface area contributed by atoms with Gasteiger partial charge >= 0.3 is 0 Å². The van der Waals surface area contributed by atoms with Crippen LogP contribution in [0.4, 0.5) is 4.39 Å². The highest BCUT2D eigenvalue weighted by Crippen LogP contribution is 2.20. The molecule has 0 aliphatic carbocycles. The Bertz CT molecular complexity index is 417. The number of halogens is 1. The Morgan fingerprint density at radius 3 is 2.75 bits per heavy atom. The molecule has 0 atom stereocenters. The van der Waals surface area contributed by atoms with Crippen LogP contribution in [0.5, 0.6) is 5.75 Å². The van der Waals surface area contributed by atoms with E-state index in [0.717, 1.165) is 17.9 Å². The van der Waals surface area contributed by atoms with Crippen LogP contribution in [0.15, 0.2) is 18.2 Å². The molecule has 2 rings (SSSR count). The summed E-state index contributed by atoms with van der Waals surface area (Å²) >= 11 is 0. The van der Waals surface area contributed by atoms with Crippen LogP contribution >= 0.6 is 0 Å². The molecule has 1 heterocycles. The van der Waals surface area contributed by atoms with E-state index in [1.165, 1.54) is 32.0 Å². The number of likely N-dealkylation sites (tertiary alicyclic amines) is 1. The lowest BCUT2D eigenvalue weighted by Crippen LogP contribution is -2.26. The van der Waals surface area contributed by atoms with Gasteiger partial charge in [-0.1, -0.05) is 13.8 Å². The van der Waals surface area contributed by atoms with Crippen molar-refractivity contribution in [3.63, 3.8) is 0 Å². The monoisotopic (exact) mass is 280 g/mol. The molecule has 20 heavy (non-hydrogen) atoms. The molecule has 0 aromatic heterocycles. The van der Waals surface area contributed by atoms with E-state index >= 15 is 0 Å². The largest absolute Gasteiger partial charge is 0.492 e. The van der Waals surface area contributed by atoms with Gasteiger partial charge in [-0.05, 0) is 44.1 Å². The zero-order valence-corrected chi connectivity index (χ0v) is 12.5. The second-order valence-corrected chi connectivity index (χ2v) is 5.68. The van der Waals surface area contributed by atoms with Gasteiger partial charge in [0.1, 0.15) is 18.2 Å². The highest BCUT2D eigenvalue weighted by molar-refractivity contribution is 5.34. The number of benzene rings is 1. The molecule has 1 N–H and O–H groups in total. The van der Waals surface area contributed by atoms with Crippen molar-refractivity contribution in [3.05, 3.63) is 29.6 Å². The van der Waals surface area contributed by atoms with Crippen LogP contribution in [0.1, 0.15) is 32.3 Å². The van der Waals surface area contributed by atoms with Crippen molar-refractivity contribution in [2.24, 2.45) is 0 Å². The van der Waals surface area contributed by atoms with Gasteiger partial charge in [0.25, 0.3) is 0 Å². The second kappa shape index (κ2) is 7.60. The van der Waals surface area contributed by atoms with E-state index in [2.05, 4.69) is 24.1 Å². The maximum atomic E-state index is 13.3. The lowest BCUT2D eigenvalue weighted by atomic mass is 10.2.